The van der Waals surface area contributed by atoms with Gasteiger partial charge in [-0.2, -0.15) is 26.3 Å². The van der Waals surface area contributed by atoms with Gasteiger partial charge in [0.05, 0.1) is 6.42 Å². The third-order valence-electron chi connectivity index (χ3n) is 13.8. The Morgan fingerprint density at radius 2 is 1.14 bits per heavy atom. The summed E-state index contributed by atoms with van der Waals surface area (Å²) in [6.45, 7) is 6.83. The minimum absolute atomic E-state index is 0.0214. The normalized spacial score (nSPS) is 42.2. The van der Waals surface area contributed by atoms with E-state index in [9.17, 15) is 40.7 Å². The molecular weight excluding hydrogens is 788 g/mol. The summed E-state index contributed by atoms with van der Waals surface area (Å²) in [7, 11) is 0. The highest BCUT2D eigenvalue weighted by Gasteiger charge is 2.72. The number of alkyl halides is 6. The molecule has 8 heterocycles. The number of hydrogen-bond acceptors (Lipinski definition) is 11. The fourth-order valence-electron chi connectivity index (χ4n) is 11.1. The molecule has 324 valence electrons. The van der Waals surface area contributed by atoms with Crippen LogP contribution in [-0.4, -0.2) is 84.6 Å². The van der Waals surface area contributed by atoms with Crippen molar-refractivity contribution >= 4 is 17.7 Å². The van der Waals surface area contributed by atoms with E-state index in [1.165, 1.54) is 0 Å². The lowest BCUT2D eigenvalue weighted by Crippen LogP contribution is -2.68. The van der Waals surface area contributed by atoms with Crippen molar-refractivity contribution in [2.24, 2.45) is 35.5 Å². The number of fused-ring (bicyclic) bond motifs is 4. The van der Waals surface area contributed by atoms with E-state index in [1.54, 1.807) is 13.8 Å². The lowest BCUT2D eigenvalue weighted by molar-refractivity contribution is -0.557. The van der Waals surface area contributed by atoms with Crippen molar-refractivity contribution in [1.29, 1.82) is 0 Å². The van der Waals surface area contributed by atoms with Gasteiger partial charge in [0, 0.05) is 67.7 Å². The van der Waals surface area contributed by atoms with Crippen molar-refractivity contribution < 1.29 is 79.2 Å². The lowest BCUT2D eigenvalue weighted by atomic mass is 9.59. The topological polar surface area (TPSA) is 161 Å². The van der Waals surface area contributed by atoms with Gasteiger partial charge in [0.2, 0.25) is 53.4 Å². The van der Waals surface area contributed by atoms with E-state index >= 15 is 0 Å². The largest absolute Gasteiger partial charge is 0.456 e. The number of carbonyl (C=O) groups excluding carboxylic acids is 3. The summed E-state index contributed by atoms with van der Waals surface area (Å²) in [5.41, 5.74) is -3.47. The molecule has 2 saturated carbocycles. The maximum Gasteiger partial charge on any atom is 0.449 e. The van der Waals surface area contributed by atoms with Crippen LogP contribution in [0.1, 0.15) is 92.4 Å². The Labute approximate surface area is 330 Å². The Balaban J connectivity index is 1.01. The molecule has 3 amide bonds. The molecule has 2 spiro atoms. The van der Waals surface area contributed by atoms with Crippen molar-refractivity contribution in [3.8, 4) is 0 Å². The molecule has 0 aromatic rings. The van der Waals surface area contributed by atoms with E-state index in [2.05, 4.69) is 16.0 Å². The van der Waals surface area contributed by atoms with Crippen LogP contribution in [0, 0.1) is 35.5 Å². The van der Waals surface area contributed by atoms with Gasteiger partial charge in [0.15, 0.2) is 11.2 Å². The minimum atomic E-state index is -4.99. The number of nitrogens with one attached hydrogen (secondary N) is 3. The van der Waals surface area contributed by atoms with E-state index in [1.807, 2.05) is 13.8 Å². The maximum atomic E-state index is 14.7. The lowest BCUT2D eigenvalue weighted by Gasteiger charge is -2.57. The fourth-order valence-corrected chi connectivity index (χ4v) is 11.1. The molecule has 10 rings (SSSR count). The summed E-state index contributed by atoms with van der Waals surface area (Å²) in [5, 5.41) is 7.23. The van der Waals surface area contributed by atoms with Crippen LogP contribution in [0.3, 0.4) is 0 Å². The molecule has 20 heteroatoms. The monoisotopic (exact) mass is 837 g/mol. The van der Waals surface area contributed by atoms with E-state index in [-0.39, 0.29) is 47.7 Å². The van der Waals surface area contributed by atoms with E-state index in [0.717, 1.165) is 6.92 Å². The summed E-state index contributed by atoms with van der Waals surface area (Å²) in [5.74, 6) is -10.4. The predicted octanol–water partition coefficient (Wildman–Crippen LogP) is 5.24. The summed E-state index contributed by atoms with van der Waals surface area (Å²) < 4.78 is 111. The molecule has 0 aromatic heterocycles. The molecule has 4 bridgehead atoms. The minimum Gasteiger partial charge on any atom is -0.456 e. The van der Waals surface area contributed by atoms with Crippen LogP contribution in [-0.2, 0) is 52.9 Å². The SMILES string of the molecule is CC(=O)N[C@@H](CC(=O)NCC1=C(C(F)(F)F)O[C@@H]2OC3(C)CC[C@H]4[C@H](C)CC[C@@H]1[C@@]24OO3)C(=O)NCC1=C(C(F)(F)F)O[C@@H]2OC3(C)CC[C@H]4[C@H](C)CC[C@@H]1[C@@]24OO3. The van der Waals surface area contributed by atoms with E-state index in [0.29, 0.717) is 38.5 Å². The third-order valence-corrected chi connectivity index (χ3v) is 13.8. The van der Waals surface area contributed by atoms with Crippen LogP contribution in [0.4, 0.5) is 26.3 Å². The molecule has 6 saturated heterocycles. The van der Waals surface area contributed by atoms with Gasteiger partial charge in [-0.05, 0) is 64.2 Å². The smallest absolute Gasteiger partial charge is 0.449 e. The van der Waals surface area contributed by atoms with Gasteiger partial charge >= 0.3 is 12.4 Å². The number of halogens is 6. The molecule has 13 atom stereocenters. The average Bonchev–Trinajstić information content (AvgIpc) is 3.51. The molecule has 2 aliphatic carbocycles. The third kappa shape index (κ3) is 6.77. The standard InChI is InChI=1S/C38H49F6N3O11/c1-17-6-8-24-20(28(37(39,40)41)51-31-35(24)22(17)10-12-33(4,53-31)55-57-35)15-45-27(49)14-26(47-19(3)48)30(50)46-16-21-25-9-7-18(2)23-11-13-34(5)54-32(36(23,25)58-56-34)52-29(21)38(42,43)44/h17-18,22-26,31-32H,6-16H2,1-5H3,(H,45,49)(H,46,50)(H,47,48)/t17-,18-,22+,23+,24+,25+,26+,31-,32-,33?,34?,35-,36-/m1/s1. The highest BCUT2D eigenvalue weighted by molar-refractivity contribution is 5.91. The zero-order chi connectivity index (χ0) is 41.8. The summed E-state index contributed by atoms with van der Waals surface area (Å²) in [4.78, 5) is 62.7. The maximum absolute atomic E-state index is 14.7. The average molecular weight is 838 g/mol. The van der Waals surface area contributed by atoms with Gasteiger partial charge < -0.3 is 34.9 Å². The number of amides is 3. The summed E-state index contributed by atoms with van der Waals surface area (Å²) in [6.07, 6.45) is -10.3. The molecule has 14 nitrogen and oxygen atoms in total. The number of rotatable bonds is 8. The molecule has 10 aliphatic rings. The molecular formula is C38H49F6N3O11. The first kappa shape index (κ1) is 41.6. The van der Waals surface area contributed by atoms with Crippen LogP contribution in [0.5, 0.6) is 0 Å². The molecule has 0 aromatic carbocycles. The van der Waals surface area contributed by atoms with Crippen LogP contribution in [0.2, 0.25) is 0 Å². The fraction of sp³-hybridized carbons (Fsp3) is 0.816. The first-order valence-corrected chi connectivity index (χ1v) is 19.9. The Kier molecular flexibility index (Phi) is 10.2. The van der Waals surface area contributed by atoms with E-state index in [4.69, 9.17) is 38.5 Å². The van der Waals surface area contributed by atoms with Gasteiger partial charge in [0.1, 0.15) is 6.04 Å². The van der Waals surface area contributed by atoms with Crippen LogP contribution in [0.15, 0.2) is 22.7 Å². The zero-order valence-electron chi connectivity index (χ0n) is 32.7. The number of allylic oxidation sites excluding steroid dienone is 2. The zero-order valence-corrected chi connectivity index (χ0v) is 32.7. The van der Waals surface area contributed by atoms with Crippen molar-refractivity contribution in [2.45, 2.75) is 146 Å². The number of ether oxygens (including phenoxy) is 4. The Morgan fingerprint density at radius 1 is 0.690 bits per heavy atom. The van der Waals surface area contributed by atoms with Crippen LogP contribution < -0.4 is 16.0 Å². The van der Waals surface area contributed by atoms with Gasteiger partial charge in [-0.3, -0.25) is 14.4 Å². The first-order chi connectivity index (χ1) is 27.1. The highest BCUT2D eigenvalue weighted by Crippen LogP contribution is 2.63. The van der Waals surface area contributed by atoms with E-state index < -0.39 is 114 Å². The Hall–Kier alpha value is -3.17. The van der Waals surface area contributed by atoms with Gasteiger partial charge in [0.25, 0.3) is 0 Å². The molecule has 2 unspecified atom stereocenters. The van der Waals surface area contributed by atoms with Gasteiger partial charge in [-0.15, -0.1) is 0 Å². The van der Waals surface area contributed by atoms with Crippen LogP contribution >= 0.6 is 0 Å². The first-order valence-electron chi connectivity index (χ1n) is 19.9. The second-order valence-electron chi connectivity index (χ2n) is 17.6. The number of hydrogen-bond donors (Lipinski definition) is 3. The molecule has 58 heavy (non-hydrogen) atoms. The second kappa shape index (κ2) is 14.2. The predicted molar refractivity (Wildman–Crippen MR) is 182 cm³/mol. The molecule has 3 N–H and O–H groups in total. The molecule has 0 radical (unpaired) electrons. The quantitative estimate of drug-likeness (QED) is 0.217. The Bertz CT molecular complexity index is 1780. The summed E-state index contributed by atoms with van der Waals surface area (Å²) in [6, 6.07) is -1.62. The molecule has 8 fully saturated rings. The highest BCUT2D eigenvalue weighted by atomic mass is 19.4. The number of carbonyl (C=O) groups is 3. The molecule has 8 aliphatic heterocycles. The Morgan fingerprint density at radius 3 is 1.57 bits per heavy atom. The van der Waals surface area contributed by atoms with Crippen molar-refractivity contribution in [3.05, 3.63) is 22.7 Å². The second-order valence-corrected chi connectivity index (χ2v) is 17.6. The summed E-state index contributed by atoms with van der Waals surface area (Å²) >= 11 is 0. The van der Waals surface area contributed by atoms with Crippen molar-refractivity contribution in [3.63, 3.8) is 0 Å². The van der Waals surface area contributed by atoms with Gasteiger partial charge in [-0.25, -0.2) is 19.6 Å². The van der Waals surface area contributed by atoms with Gasteiger partial charge in [-0.1, -0.05) is 13.8 Å². The van der Waals surface area contributed by atoms with Crippen LogP contribution in [0.25, 0.3) is 0 Å². The van der Waals surface area contributed by atoms with Crippen molar-refractivity contribution in [1.82, 2.24) is 16.0 Å². The van der Waals surface area contributed by atoms with Crippen molar-refractivity contribution in [2.75, 3.05) is 13.1 Å².